The smallest absolute Gasteiger partial charge is 0.325 e. The van der Waals surface area contributed by atoms with Crippen molar-refractivity contribution < 1.29 is 22.8 Å². The van der Waals surface area contributed by atoms with Gasteiger partial charge in [-0.25, -0.2) is 0 Å². The number of amides is 2. The lowest BCUT2D eigenvalue weighted by atomic mass is 10.1. The fraction of sp³-hybridized carbons (Fsp3) is 0.300. The van der Waals surface area contributed by atoms with Crippen LogP contribution in [0.1, 0.15) is 23.1 Å². The third-order valence-electron chi connectivity index (χ3n) is 4.84. The Bertz CT molecular complexity index is 944. The van der Waals surface area contributed by atoms with E-state index in [1.54, 1.807) is 6.07 Å². The minimum absolute atomic E-state index is 0.0450. The maximum atomic E-state index is 13.2. The second-order valence-corrected chi connectivity index (χ2v) is 7.77. The molecule has 0 aliphatic carbocycles. The molecule has 8 heteroatoms. The van der Waals surface area contributed by atoms with Gasteiger partial charge in [-0.05, 0) is 55.3 Å². The van der Waals surface area contributed by atoms with Crippen LogP contribution < -0.4 is 10.2 Å². The zero-order chi connectivity index (χ0) is 20.6. The first-order valence-corrected chi connectivity index (χ1v) is 9.41. The number of carbonyl (C=O) groups excluding carboxylic acids is 2. The molecule has 28 heavy (non-hydrogen) atoms. The van der Waals surface area contributed by atoms with Crippen LogP contribution in [0.15, 0.2) is 40.9 Å². The van der Waals surface area contributed by atoms with Crippen LogP contribution in [-0.2, 0) is 15.8 Å². The van der Waals surface area contributed by atoms with E-state index in [4.69, 9.17) is 0 Å². The minimum atomic E-state index is -4.61. The molecule has 0 spiro atoms. The summed E-state index contributed by atoms with van der Waals surface area (Å²) in [6.07, 6.45) is -4.65. The average molecular weight is 455 g/mol. The molecule has 4 nitrogen and oxygen atoms in total. The highest BCUT2D eigenvalue weighted by atomic mass is 79.9. The molecule has 0 unspecified atom stereocenters. The number of aryl methyl sites for hydroxylation is 2. The van der Waals surface area contributed by atoms with Crippen molar-refractivity contribution in [2.24, 2.45) is 5.92 Å². The third-order valence-corrected chi connectivity index (χ3v) is 5.34. The van der Waals surface area contributed by atoms with Gasteiger partial charge in [0, 0.05) is 23.1 Å². The van der Waals surface area contributed by atoms with E-state index in [1.807, 2.05) is 26.0 Å². The molecule has 1 atom stereocenters. The molecule has 0 saturated carbocycles. The number of hydrogen-bond donors (Lipinski definition) is 1. The van der Waals surface area contributed by atoms with Gasteiger partial charge in [-0.1, -0.05) is 22.0 Å². The molecule has 1 aliphatic heterocycles. The Morgan fingerprint density at radius 1 is 1.14 bits per heavy atom. The first-order valence-electron chi connectivity index (χ1n) is 8.61. The predicted molar refractivity (Wildman–Crippen MR) is 104 cm³/mol. The zero-order valence-corrected chi connectivity index (χ0v) is 16.8. The summed E-state index contributed by atoms with van der Waals surface area (Å²) in [6.45, 7) is 4.01. The summed E-state index contributed by atoms with van der Waals surface area (Å²) in [5, 5.41) is 2.34. The van der Waals surface area contributed by atoms with Crippen molar-refractivity contribution in [2.75, 3.05) is 16.8 Å². The molecule has 1 heterocycles. The molecule has 1 fully saturated rings. The van der Waals surface area contributed by atoms with Crippen LogP contribution in [0.4, 0.5) is 24.5 Å². The molecule has 3 rings (SSSR count). The standard InChI is InChI=1S/C20H18BrF3N2O2/c1-11-3-5-15(7-12(11)2)26-10-13(8-18(26)27)19(28)25-17-6-4-14(21)9-16(17)20(22,23)24/h3-7,9,13H,8,10H2,1-2H3,(H,25,28)/t13-/m0/s1. The predicted octanol–water partition coefficient (Wildman–Crippen LogP) is 5.08. The molecule has 0 aromatic heterocycles. The summed E-state index contributed by atoms with van der Waals surface area (Å²) >= 11 is 3.01. The van der Waals surface area contributed by atoms with Crippen molar-refractivity contribution in [3.8, 4) is 0 Å². The number of hydrogen-bond acceptors (Lipinski definition) is 2. The Morgan fingerprint density at radius 2 is 1.86 bits per heavy atom. The zero-order valence-electron chi connectivity index (χ0n) is 15.2. The molecule has 2 aromatic carbocycles. The van der Waals surface area contributed by atoms with Crippen LogP contribution >= 0.6 is 15.9 Å². The van der Waals surface area contributed by atoms with Gasteiger partial charge in [-0.3, -0.25) is 9.59 Å². The Hall–Kier alpha value is -2.35. The van der Waals surface area contributed by atoms with Crippen molar-refractivity contribution in [2.45, 2.75) is 26.4 Å². The van der Waals surface area contributed by atoms with E-state index in [1.165, 1.54) is 17.0 Å². The van der Waals surface area contributed by atoms with Gasteiger partial charge in [0.1, 0.15) is 0 Å². The topological polar surface area (TPSA) is 49.4 Å². The fourth-order valence-electron chi connectivity index (χ4n) is 3.12. The van der Waals surface area contributed by atoms with E-state index in [0.717, 1.165) is 17.2 Å². The van der Waals surface area contributed by atoms with Gasteiger partial charge in [0.2, 0.25) is 11.8 Å². The number of nitrogens with zero attached hydrogens (tertiary/aromatic N) is 1. The van der Waals surface area contributed by atoms with E-state index >= 15 is 0 Å². The van der Waals surface area contributed by atoms with Crippen molar-refractivity contribution in [1.82, 2.24) is 0 Å². The number of halogens is 4. The normalized spacial score (nSPS) is 17.1. The molecule has 1 N–H and O–H groups in total. The Labute approximate surface area is 168 Å². The fourth-order valence-corrected chi connectivity index (χ4v) is 3.48. The summed E-state index contributed by atoms with van der Waals surface area (Å²) in [4.78, 5) is 26.4. The number of alkyl halides is 3. The SMILES string of the molecule is Cc1ccc(N2C[C@@H](C(=O)Nc3ccc(Br)cc3C(F)(F)F)CC2=O)cc1C. The summed E-state index contributed by atoms with van der Waals surface area (Å²) in [7, 11) is 0. The van der Waals surface area contributed by atoms with Crippen LogP contribution in [0, 0.1) is 19.8 Å². The molecule has 148 valence electrons. The molecule has 0 radical (unpaired) electrons. The second-order valence-electron chi connectivity index (χ2n) is 6.85. The lowest BCUT2D eigenvalue weighted by Crippen LogP contribution is -2.28. The van der Waals surface area contributed by atoms with Gasteiger partial charge >= 0.3 is 6.18 Å². The van der Waals surface area contributed by atoms with E-state index < -0.39 is 23.6 Å². The molecule has 1 saturated heterocycles. The van der Waals surface area contributed by atoms with E-state index in [9.17, 15) is 22.8 Å². The maximum absolute atomic E-state index is 13.2. The first-order chi connectivity index (χ1) is 13.1. The van der Waals surface area contributed by atoms with Gasteiger partial charge in [0.25, 0.3) is 0 Å². The van der Waals surface area contributed by atoms with Crippen LogP contribution in [0.2, 0.25) is 0 Å². The Morgan fingerprint density at radius 3 is 2.50 bits per heavy atom. The summed E-state index contributed by atoms with van der Waals surface area (Å²) < 4.78 is 40.0. The highest BCUT2D eigenvalue weighted by Gasteiger charge is 2.38. The molecule has 0 bridgehead atoms. The number of nitrogens with one attached hydrogen (secondary N) is 1. The molecular weight excluding hydrogens is 437 g/mol. The summed E-state index contributed by atoms with van der Waals surface area (Å²) in [5.41, 5.74) is 1.52. The molecule has 2 aromatic rings. The highest BCUT2D eigenvalue weighted by Crippen LogP contribution is 2.37. The Balaban J connectivity index is 1.78. The van der Waals surface area contributed by atoms with Crippen molar-refractivity contribution in [3.63, 3.8) is 0 Å². The van der Waals surface area contributed by atoms with Gasteiger partial charge < -0.3 is 10.2 Å². The third kappa shape index (κ3) is 4.22. The quantitative estimate of drug-likeness (QED) is 0.702. The van der Waals surface area contributed by atoms with Crippen molar-refractivity contribution in [3.05, 3.63) is 57.6 Å². The summed E-state index contributed by atoms with van der Waals surface area (Å²) in [6, 6.07) is 9.09. The highest BCUT2D eigenvalue weighted by molar-refractivity contribution is 9.10. The van der Waals surface area contributed by atoms with Crippen LogP contribution in [0.5, 0.6) is 0 Å². The second kappa shape index (κ2) is 7.58. The Kier molecular flexibility index (Phi) is 5.52. The maximum Gasteiger partial charge on any atom is 0.418 e. The molecule has 2 amide bonds. The number of carbonyl (C=O) groups is 2. The number of benzene rings is 2. The van der Waals surface area contributed by atoms with Crippen LogP contribution in [0.25, 0.3) is 0 Å². The average Bonchev–Trinajstić information content (AvgIpc) is 3.00. The van der Waals surface area contributed by atoms with Crippen LogP contribution in [-0.4, -0.2) is 18.4 Å². The largest absolute Gasteiger partial charge is 0.418 e. The number of rotatable bonds is 3. The van der Waals surface area contributed by atoms with Gasteiger partial charge in [0.15, 0.2) is 0 Å². The van der Waals surface area contributed by atoms with Gasteiger partial charge in [0.05, 0.1) is 17.2 Å². The van der Waals surface area contributed by atoms with E-state index in [-0.39, 0.29) is 29.0 Å². The van der Waals surface area contributed by atoms with Gasteiger partial charge in [-0.15, -0.1) is 0 Å². The monoisotopic (exact) mass is 454 g/mol. The van der Waals surface area contributed by atoms with E-state index in [2.05, 4.69) is 21.2 Å². The van der Waals surface area contributed by atoms with E-state index in [0.29, 0.717) is 5.69 Å². The van der Waals surface area contributed by atoms with Gasteiger partial charge in [-0.2, -0.15) is 13.2 Å². The lowest BCUT2D eigenvalue weighted by molar-refractivity contribution is -0.137. The first kappa shape index (κ1) is 20.4. The van der Waals surface area contributed by atoms with Crippen molar-refractivity contribution >= 4 is 39.1 Å². The van der Waals surface area contributed by atoms with Crippen LogP contribution in [0.3, 0.4) is 0 Å². The number of anilines is 2. The summed E-state index contributed by atoms with van der Waals surface area (Å²) in [5.74, 6) is -1.55. The van der Waals surface area contributed by atoms with Crippen molar-refractivity contribution in [1.29, 1.82) is 0 Å². The molecule has 1 aliphatic rings. The molecular formula is C20H18BrF3N2O2. The minimum Gasteiger partial charge on any atom is -0.325 e. The lowest BCUT2D eigenvalue weighted by Gasteiger charge is -2.19.